The molecule has 0 spiro atoms. The maximum atomic E-state index is 6.12. The molecule has 2 fully saturated rings. The van der Waals surface area contributed by atoms with Gasteiger partial charge in [-0.15, -0.1) is 0 Å². The van der Waals surface area contributed by atoms with Crippen LogP contribution in [0.25, 0.3) is 11.5 Å². The van der Waals surface area contributed by atoms with E-state index in [0.29, 0.717) is 12.0 Å². The third kappa shape index (κ3) is 4.67. The Kier molecular flexibility index (Phi) is 6.26. The zero-order chi connectivity index (χ0) is 20.4. The minimum atomic E-state index is 0.369. The first-order chi connectivity index (χ1) is 14.0. The quantitative estimate of drug-likeness (QED) is 0.622. The zero-order valence-corrected chi connectivity index (χ0v) is 18.3. The van der Waals surface area contributed by atoms with Crippen LogP contribution in [-0.2, 0) is 11.3 Å². The number of hydrogen-bond acceptors (Lipinski definition) is 5. The molecular weight excluding hydrogens is 364 g/mol. The SMILES string of the molecule is COc1cc(C)c(-c2nc(CN(CC3CCC3)CC3CCCO3)c(C)o2)cc1C. The van der Waals surface area contributed by atoms with Crippen LogP contribution in [0.5, 0.6) is 5.75 Å². The first kappa shape index (κ1) is 20.4. The maximum absolute atomic E-state index is 6.12. The number of aromatic nitrogens is 1. The molecule has 5 nitrogen and oxygen atoms in total. The van der Waals surface area contributed by atoms with E-state index in [1.165, 1.54) is 32.1 Å². The molecule has 2 aliphatic rings. The van der Waals surface area contributed by atoms with Crippen LogP contribution in [-0.4, -0.2) is 42.8 Å². The summed E-state index contributed by atoms with van der Waals surface area (Å²) in [4.78, 5) is 7.46. The predicted octanol–water partition coefficient (Wildman–Crippen LogP) is 5.06. The van der Waals surface area contributed by atoms with E-state index in [9.17, 15) is 0 Å². The van der Waals surface area contributed by atoms with Gasteiger partial charge in [0.1, 0.15) is 11.5 Å². The van der Waals surface area contributed by atoms with Crippen molar-refractivity contribution in [2.24, 2.45) is 5.92 Å². The lowest BCUT2D eigenvalue weighted by molar-refractivity contribution is 0.0574. The van der Waals surface area contributed by atoms with Gasteiger partial charge in [0.15, 0.2) is 0 Å². The second-order valence-electron chi connectivity index (χ2n) is 8.78. The van der Waals surface area contributed by atoms with Crippen molar-refractivity contribution in [2.45, 2.75) is 65.5 Å². The summed E-state index contributed by atoms with van der Waals surface area (Å²) in [5.41, 5.74) is 4.30. The van der Waals surface area contributed by atoms with Gasteiger partial charge in [0.2, 0.25) is 5.89 Å². The lowest BCUT2D eigenvalue weighted by Crippen LogP contribution is -2.37. The fourth-order valence-electron chi connectivity index (χ4n) is 4.46. The van der Waals surface area contributed by atoms with Crippen LogP contribution in [0.2, 0.25) is 0 Å². The Bertz CT molecular complexity index is 835. The van der Waals surface area contributed by atoms with E-state index >= 15 is 0 Å². The lowest BCUT2D eigenvalue weighted by Gasteiger charge is -2.33. The topological polar surface area (TPSA) is 47.7 Å². The van der Waals surface area contributed by atoms with Gasteiger partial charge >= 0.3 is 0 Å². The Morgan fingerprint density at radius 2 is 1.90 bits per heavy atom. The molecule has 1 unspecified atom stereocenters. The van der Waals surface area contributed by atoms with E-state index < -0.39 is 0 Å². The molecule has 0 N–H and O–H groups in total. The number of rotatable bonds is 8. The predicted molar refractivity (Wildman–Crippen MR) is 114 cm³/mol. The molecular formula is C24H34N2O3. The number of ether oxygens (including phenoxy) is 2. The average molecular weight is 399 g/mol. The van der Waals surface area contributed by atoms with Crippen LogP contribution in [0.4, 0.5) is 0 Å². The fraction of sp³-hybridized carbons (Fsp3) is 0.625. The van der Waals surface area contributed by atoms with Gasteiger partial charge < -0.3 is 13.9 Å². The molecule has 0 amide bonds. The van der Waals surface area contributed by atoms with E-state index in [1.807, 2.05) is 6.92 Å². The summed E-state index contributed by atoms with van der Waals surface area (Å²) in [6, 6.07) is 4.17. The fourth-order valence-corrected chi connectivity index (χ4v) is 4.46. The molecule has 1 atom stereocenters. The van der Waals surface area contributed by atoms with Gasteiger partial charge in [-0.05, 0) is 75.6 Å². The van der Waals surface area contributed by atoms with Gasteiger partial charge in [0, 0.05) is 31.8 Å². The molecule has 4 rings (SSSR count). The molecule has 1 aliphatic carbocycles. The Morgan fingerprint density at radius 1 is 1.07 bits per heavy atom. The highest BCUT2D eigenvalue weighted by Crippen LogP contribution is 2.32. The van der Waals surface area contributed by atoms with Gasteiger partial charge in [-0.2, -0.15) is 0 Å². The number of hydrogen-bond donors (Lipinski definition) is 0. The lowest BCUT2D eigenvalue weighted by atomic mass is 9.85. The zero-order valence-electron chi connectivity index (χ0n) is 18.3. The number of methoxy groups -OCH3 is 1. The smallest absolute Gasteiger partial charge is 0.226 e. The minimum absolute atomic E-state index is 0.369. The van der Waals surface area contributed by atoms with Gasteiger partial charge in [-0.1, -0.05) is 6.42 Å². The molecule has 5 heteroatoms. The summed E-state index contributed by atoms with van der Waals surface area (Å²) in [7, 11) is 1.71. The first-order valence-electron chi connectivity index (χ1n) is 11.0. The second-order valence-corrected chi connectivity index (χ2v) is 8.78. The van der Waals surface area contributed by atoms with Crippen molar-refractivity contribution >= 4 is 0 Å². The second kappa shape index (κ2) is 8.88. The summed E-state index contributed by atoms with van der Waals surface area (Å²) in [5, 5.41) is 0. The van der Waals surface area contributed by atoms with E-state index in [1.54, 1.807) is 7.11 Å². The van der Waals surface area contributed by atoms with Gasteiger partial charge in [0.25, 0.3) is 0 Å². The van der Waals surface area contributed by atoms with E-state index in [2.05, 4.69) is 30.9 Å². The average Bonchev–Trinajstić information content (AvgIpc) is 3.29. The highest BCUT2D eigenvalue weighted by molar-refractivity contribution is 5.62. The molecule has 1 aromatic carbocycles. The first-order valence-corrected chi connectivity index (χ1v) is 11.0. The molecule has 158 valence electrons. The Labute approximate surface area is 174 Å². The maximum Gasteiger partial charge on any atom is 0.226 e. The standard InChI is InChI=1S/C24H34N2O3/c1-16-12-23(27-4)17(2)11-21(16)24-25-22(18(3)29-24)15-26(13-19-7-5-8-19)14-20-9-6-10-28-20/h11-12,19-20H,5-10,13-15H2,1-4H3. The van der Waals surface area contributed by atoms with Crippen molar-refractivity contribution < 1.29 is 13.9 Å². The van der Waals surface area contributed by atoms with E-state index in [4.69, 9.17) is 18.9 Å². The van der Waals surface area contributed by atoms with Crippen molar-refractivity contribution in [3.05, 3.63) is 34.7 Å². The molecule has 2 aromatic rings. The van der Waals surface area contributed by atoms with Crippen molar-refractivity contribution in [1.29, 1.82) is 0 Å². The number of nitrogens with zero attached hydrogens (tertiary/aromatic N) is 2. The van der Waals surface area contributed by atoms with Crippen molar-refractivity contribution in [3.8, 4) is 17.2 Å². The monoisotopic (exact) mass is 398 g/mol. The Morgan fingerprint density at radius 3 is 2.55 bits per heavy atom. The third-order valence-corrected chi connectivity index (χ3v) is 6.47. The summed E-state index contributed by atoms with van der Waals surface area (Å²) in [5.74, 6) is 3.35. The molecule has 1 saturated heterocycles. The number of oxazole rings is 1. The van der Waals surface area contributed by atoms with Crippen LogP contribution in [0.1, 0.15) is 54.7 Å². The molecule has 2 heterocycles. The highest BCUT2D eigenvalue weighted by Gasteiger charge is 2.26. The summed E-state index contributed by atoms with van der Waals surface area (Å²) < 4.78 is 17.5. The van der Waals surface area contributed by atoms with Gasteiger partial charge in [0.05, 0.1) is 18.9 Å². The molecule has 1 aromatic heterocycles. The van der Waals surface area contributed by atoms with E-state index in [0.717, 1.165) is 66.1 Å². The largest absolute Gasteiger partial charge is 0.496 e. The van der Waals surface area contributed by atoms with Crippen LogP contribution in [0, 0.1) is 26.7 Å². The van der Waals surface area contributed by atoms with Gasteiger partial charge in [-0.25, -0.2) is 4.98 Å². The van der Waals surface area contributed by atoms with Crippen molar-refractivity contribution in [2.75, 3.05) is 26.8 Å². The molecule has 1 aliphatic heterocycles. The van der Waals surface area contributed by atoms with E-state index in [-0.39, 0.29) is 0 Å². The number of aryl methyl sites for hydroxylation is 3. The van der Waals surface area contributed by atoms with Crippen LogP contribution in [0.3, 0.4) is 0 Å². The van der Waals surface area contributed by atoms with Crippen molar-refractivity contribution in [1.82, 2.24) is 9.88 Å². The van der Waals surface area contributed by atoms with Crippen LogP contribution >= 0.6 is 0 Å². The van der Waals surface area contributed by atoms with Gasteiger partial charge in [-0.3, -0.25) is 4.90 Å². The minimum Gasteiger partial charge on any atom is -0.496 e. The third-order valence-electron chi connectivity index (χ3n) is 6.47. The summed E-state index contributed by atoms with van der Waals surface area (Å²) >= 11 is 0. The summed E-state index contributed by atoms with van der Waals surface area (Å²) in [6.45, 7) is 10.1. The van der Waals surface area contributed by atoms with Crippen molar-refractivity contribution in [3.63, 3.8) is 0 Å². The molecule has 29 heavy (non-hydrogen) atoms. The number of benzene rings is 1. The Hall–Kier alpha value is -1.85. The highest BCUT2D eigenvalue weighted by atomic mass is 16.5. The molecule has 1 saturated carbocycles. The summed E-state index contributed by atoms with van der Waals surface area (Å²) in [6.07, 6.45) is 6.82. The van der Waals surface area contributed by atoms with Crippen LogP contribution < -0.4 is 4.74 Å². The normalized spacial score (nSPS) is 19.7. The van der Waals surface area contributed by atoms with Crippen LogP contribution in [0.15, 0.2) is 16.5 Å². The molecule has 0 bridgehead atoms. The Balaban J connectivity index is 1.53. The molecule has 0 radical (unpaired) electrons.